The molecule has 0 aliphatic carbocycles. The molecule has 4 amide bonds. The number of carbonyl (C=O) groups excluding carboxylic acids is 4. The van der Waals surface area contributed by atoms with Crippen LogP contribution in [0.3, 0.4) is 0 Å². The van der Waals surface area contributed by atoms with Gasteiger partial charge in [-0.2, -0.15) is 0 Å². The summed E-state index contributed by atoms with van der Waals surface area (Å²) in [6.07, 6.45) is 7.08. The second-order valence-electron chi connectivity index (χ2n) is 17.5. The van der Waals surface area contributed by atoms with Crippen molar-refractivity contribution in [3.05, 3.63) is 86.4 Å². The SMILES string of the molecule is CN=CC(=CN)c1cc2c(cc1C(F)F)N(C1NN(C3CC[N+]([O-])(CCCCCC#Cc4cccc5c4CN(C4CCC(=O)NC4=O)C5=O)CC3)C3=C1CN(C(C)=O)CC3)CCC2. The molecule has 0 radical (unpaired) electrons. The molecular formula is C47H57F2N9O5. The number of anilines is 1. The summed E-state index contributed by atoms with van der Waals surface area (Å²) < 4.78 is 29.1. The average Bonchev–Trinajstić information content (AvgIpc) is 3.82. The largest absolute Gasteiger partial charge is 0.633 e. The smallest absolute Gasteiger partial charge is 0.264 e. The van der Waals surface area contributed by atoms with E-state index in [1.807, 2.05) is 17.0 Å². The van der Waals surface area contributed by atoms with Gasteiger partial charge in [0.05, 0.1) is 25.7 Å². The van der Waals surface area contributed by atoms with Crippen molar-refractivity contribution in [3.8, 4) is 11.8 Å². The minimum absolute atomic E-state index is 0.00333. The van der Waals surface area contributed by atoms with Gasteiger partial charge in [-0.25, -0.2) is 14.2 Å². The third-order valence-corrected chi connectivity index (χ3v) is 13.7. The molecule has 2 unspecified atom stereocenters. The number of imide groups is 1. The number of nitrogens with one attached hydrogen (secondary N) is 2. The molecule has 14 nitrogen and oxygen atoms in total. The zero-order chi connectivity index (χ0) is 44.4. The van der Waals surface area contributed by atoms with Crippen molar-refractivity contribution in [2.24, 2.45) is 10.7 Å². The number of hydrazine groups is 1. The number of aryl methyl sites for hydroxylation is 1. The van der Waals surface area contributed by atoms with Crippen molar-refractivity contribution in [2.45, 2.75) is 109 Å². The Morgan fingerprint density at radius 3 is 2.59 bits per heavy atom. The number of rotatable bonds is 11. The predicted octanol–water partition coefficient (Wildman–Crippen LogP) is 4.88. The van der Waals surface area contributed by atoms with Gasteiger partial charge in [0.1, 0.15) is 12.2 Å². The molecule has 0 spiro atoms. The van der Waals surface area contributed by atoms with Gasteiger partial charge < -0.3 is 35.3 Å². The fourth-order valence-corrected chi connectivity index (χ4v) is 10.3. The highest BCUT2D eigenvalue weighted by atomic mass is 19.3. The highest BCUT2D eigenvalue weighted by Crippen LogP contribution is 2.42. The maximum Gasteiger partial charge on any atom is 0.264 e. The molecule has 2 fully saturated rings. The van der Waals surface area contributed by atoms with Crippen LogP contribution >= 0.6 is 0 Å². The second kappa shape index (κ2) is 18.6. The Balaban J connectivity index is 0.872. The Bertz CT molecular complexity index is 2310. The molecule has 0 bridgehead atoms. The number of hydroxylamine groups is 3. The molecular weight excluding hydrogens is 809 g/mol. The highest BCUT2D eigenvalue weighted by molar-refractivity contribution is 6.10. The number of likely N-dealkylation sites (tertiary alicyclic amines) is 1. The van der Waals surface area contributed by atoms with Crippen molar-refractivity contribution in [2.75, 3.05) is 51.2 Å². The minimum Gasteiger partial charge on any atom is -0.633 e. The number of quaternary nitrogens is 1. The molecule has 16 heteroatoms. The van der Waals surface area contributed by atoms with Crippen molar-refractivity contribution in [3.63, 3.8) is 0 Å². The number of carbonyl (C=O) groups is 4. The van der Waals surface area contributed by atoms with Crippen LogP contribution in [0, 0.1) is 17.0 Å². The average molecular weight is 866 g/mol. The first-order valence-corrected chi connectivity index (χ1v) is 22.3. The Hall–Kier alpha value is -5.63. The summed E-state index contributed by atoms with van der Waals surface area (Å²) in [5.74, 6) is 5.51. The van der Waals surface area contributed by atoms with E-state index in [0.717, 1.165) is 65.8 Å². The van der Waals surface area contributed by atoms with E-state index in [4.69, 9.17) is 5.73 Å². The van der Waals surface area contributed by atoms with Crippen LogP contribution in [0.4, 0.5) is 14.5 Å². The number of amides is 4. The Labute approximate surface area is 367 Å². The van der Waals surface area contributed by atoms with Crippen molar-refractivity contribution >= 4 is 41.1 Å². The van der Waals surface area contributed by atoms with Crippen LogP contribution in [0.5, 0.6) is 0 Å². The number of alkyl halides is 2. The standard InChI is InChI=1S/C47H57F2N9O5/c1-30(59)54-20-16-40-39(28-54)45(55-19-9-12-32-24-36(33(26-50)27-51-2)37(44(48)49)25-42(32)55)53-57(40)34-17-22-58(63,23-18-34)21-7-5-3-4-6-10-31-11-8-13-35-38(31)29-56(47(35)62)41-14-15-43(60)52-46(41)61/h8,11,13,24-27,34,41,44-45,53H,3-5,7,9,12,14-23,28-29,50H2,1-2H3,(H,52,60,61). The van der Waals surface area contributed by atoms with Crippen molar-refractivity contribution in [1.82, 2.24) is 25.6 Å². The number of nitrogens with two attached hydrogens (primary N) is 1. The fraction of sp³-hybridized carbons (Fsp3) is 0.511. The summed E-state index contributed by atoms with van der Waals surface area (Å²) in [5.41, 5.74) is 16.4. The number of allylic oxidation sites excluding steroid dienone is 1. The topological polar surface area (TPSA) is 167 Å². The van der Waals surface area contributed by atoms with E-state index in [0.29, 0.717) is 88.1 Å². The zero-order valence-electron chi connectivity index (χ0n) is 36.1. The minimum atomic E-state index is -2.72. The Kier molecular flexibility index (Phi) is 13.0. The van der Waals surface area contributed by atoms with Gasteiger partial charge in [0.15, 0.2) is 0 Å². The lowest BCUT2D eigenvalue weighted by Crippen LogP contribution is -2.57. The molecule has 6 heterocycles. The maximum atomic E-state index is 14.7. The van der Waals surface area contributed by atoms with E-state index in [1.165, 1.54) is 17.3 Å². The molecule has 0 aromatic heterocycles. The van der Waals surface area contributed by atoms with Gasteiger partial charge in [-0.05, 0) is 79.5 Å². The molecule has 0 saturated carbocycles. The third kappa shape index (κ3) is 8.96. The number of hydrogen-bond acceptors (Lipinski definition) is 10. The molecule has 8 rings (SSSR count). The lowest BCUT2D eigenvalue weighted by Gasteiger charge is -2.49. The third-order valence-electron chi connectivity index (χ3n) is 13.7. The number of piperidine rings is 2. The van der Waals surface area contributed by atoms with Crippen LogP contribution < -0.4 is 21.4 Å². The van der Waals surface area contributed by atoms with Gasteiger partial charge in [0.25, 0.3) is 12.3 Å². The predicted molar refractivity (Wildman–Crippen MR) is 235 cm³/mol. The maximum absolute atomic E-state index is 14.7. The van der Waals surface area contributed by atoms with Crippen LogP contribution in [0.1, 0.15) is 116 Å². The van der Waals surface area contributed by atoms with Gasteiger partial charge in [0, 0.05) is 124 Å². The summed E-state index contributed by atoms with van der Waals surface area (Å²) in [7, 11) is 1.58. The number of benzene rings is 2. The fourth-order valence-electron chi connectivity index (χ4n) is 10.3. The number of halogens is 2. The van der Waals surface area contributed by atoms with E-state index < -0.39 is 18.4 Å². The van der Waals surface area contributed by atoms with Crippen LogP contribution in [0.15, 0.2) is 52.8 Å². The summed E-state index contributed by atoms with van der Waals surface area (Å²) in [5, 5.41) is 18.6. The van der Waals surface area contributed by atoms with E-state index >= 15 is 0 Å². The molecule has 4 N–H and O–H groups in total. The summed E-state index contributed by atoms with van der Waals surface area (Å²) in [4.78, 5) is 59.5. The lowest BCUT2D eigenvalue weighted by molar-refractivity contribution is -0.886. The Morgan fingerprint density at radius 2 is 1.86 bits per heavy atom. The monoisotopic (exact) mass is 865 g/mol. The van der Waals surface area contributed by atoms with Gasteiger partial charge >= 0.3 is 0 Å². The van der Waals surface area contributed by atoms with Gasteiger partial charge in [0.2, 0.25) is 17.7 Å². The van der Waals surface area contributed by atoms with Gasteiger partial charge in [-0.3, -0.25) is 29.5 Å². The zero-order valence-corrected chi connectivity index (χ0v) is 36.1. The first kappa shape index (κ1) is 44.0. The molecule has 334 valence electrons. The van der Waals surface area contributed by atoms with Crippen LogP contribution in [-0.2, 0) is 27.3 Å². The summed E-state index contributed by atoms with van der Waals surface area (Å²) in [6, 6.07) is 8.29. The van der Waals surface area contributed by atoms with Crippen LogP contribution in [0.25, 0.3) is 5.57 Å². The van der Waals surface area contributed by atoms with Gasteiger partial charge in [-0.1, -0.05) is 17.9 Å². The molecule has 2 aromatic rings. The van der Waals surface area contributed by atoms with E-state index in [1.54, 1.807) is 32.2 Å². The molecule has 6 aliphatic heterocycles. The van der Waals surface area contributed by atoms with Crippen LogP contribution in [0.2, 0.25) is 0 Å². The van der Waals surface area contributed by atoms with E-state index in [-0.39, 0.29) is 53.1 Å². The lowest BCUT2D eigenvalue weighted by atomic mass is 9.91. The quantitative estimate of drug-likeness (QED) is 0.0713. The molecule has 2 saturated heterocycles. The number of nitrogens with zero attached hydrogens (tertiary/aromatic N) is 6. The van der Waals surface area contributed by atoms with Gasteiger partial charge in [-0.15, -0.1) is 0 Å². The van der Waals surface area contributed by atoms with Crippen LogP contribution in [-0.4, -0.2) is 114 Å². The molecule has 63 heavy (non-hydrogen) atoms. The Morgan fingerprint density at radius 1 is 1.05 bits per heavy atom. The summed E-state index contributed by atoms with van der Waals surface area (Å²) in [6.45, 7) is 5.09. The van der Waals surface area contributed by atoms with Crippen molar-refractivity contribution < 1.29 is 32.6 Å². The normalized spacial score (nSPS) is 25.1. The van der Waals surface area contributed by atoms with Crippen molar-refractivity contribution in [1.29, 1.82) is 0 Å². The van der Waals surface area contributed by atoms with E-state index in [2.05, 4.69) is 37.5 Å². The van der Waals surface area contributed by atoms with E-state index in [9.17, 15) is 33.2 Å². The number of aliphatic imine (C=N–C) groups is 1. The molecule has 2 aromatic carbocycles. The number of unbranched alkanes of at least 4 members (excludes halogenated alkanes) is 3. The molecule has 2 atom stereocenters. The highest BCUT2D eigenvalue weighted by Gasteiger charge is 2.44. The first-order chi connectivity index (χ1) is 30.4. The summed E-state index contributed by atoms with van der Waals surface area (Å²) >= 11 is 0. The molecule has 6 aliphatic rings. The number of hydrogen-bond donors (Lipinski definition) is 3. The second-order valence-corrected chi connectivity index (χ2v) is 17.5. The first-order valence-electron chi connectivity index (χ1n) is 22.3. The number of fused-ring (bicyclic) bond motifs is 2.